The number of aliphatic carboxylic acids is 1. The molecule has 0 saturated heterocycles. The summed E-state index contributed by atoms with van der Waals surface area (Å²) in [5.41, 5.74) is 1.50. The summed E-state index contributed by atoms with van der Waals surface area (Å²) in [6.45, 7) is 8.20. The van der Waals surface area contributed by atoms with Gasteiger partial charge in [0, 0.05) is 30.4 Å². The molecule has 1 aromatic rings. The zero-order valence-corrected chi connectivity index (χ0v) is 12.4. The van der Waals surface area contributed by atoms with Gasteiger partial charge in [0.1, 0.15) is 12.4 Å². The molecule has 4 heteroatoms. The Bertz CT molecular complexity index is 465. The van der Waals surface area contributed by atoms with Crippen LogP contribution in [-0.2, 0) is 4.79 Å². The lowest BCUT2D eigenvalue weighted by molar-refractivity contribution is -0.132. The van der Waals surface area contributed by atoms with Crippen molar-refractivity contribution >= 4 is 11.7 Å². The third-order valence-corrected chi connectivity index (χ3v) is 3.18. The molecule has 0 atom stereocenters. The number of anilines is 1. The van der Waals surface area contributed by atoms with Crippen molar-refractivity contribution in [2.24, 2.45) is 0 Å². The van der Waals surface area contributed by atoms with Crippen LogP contribution in [0.25, 0.3) is 0 Å². The predicted octanol–water partition coefficient (Wildman–Crippen LogP) is 3.33. The molecule has 0 aliphatic heterocycles. The zero-order valence-electron chi connectivity index (χ0n) is 12.4. The number of rotatable bonds is 8. The van der Waals surface area contributed by atoms with Gasteiger partial charge in [0.25, 0.3) is 0 Å². The topological polar surface area (TPSA) is 49.8 Å². The Kier molecular flexibility index (Phi) is 6.64. The number of carbonyl (C=O) groups is 1. The van der Waals surface area contributed by atoms with Gasteiger partial charge >= 0.3 is 5.97 Å². The van der Waals surface area contributed by atoms with E-state index in [0.717, 1.165) is 24.5 Å². The molecule has 0 saturated carbocycles. The zero-order chi connectivity index (χ0) is 15.0. The van der Waals surface area contributed by atoms with Crippen LogP contribution in [0.4, 0.5) is 5.69 Å². The lowest BCUT2D eigenvalue weighted by Crippen LogP contribution is -2.21. The summed E-state index contributed by atoms with van der Waals surface area (Å²) in [6.07, 6.45) is 2.12. The van der Waals surface area contributed by atoms with Crippen molar-refractivity contribution in [1.82, 2.24) is 0 Å². The van der Waals surface area contributed by atoms with Gasteiger partial charge in [-0.15, -0.1) is 0 Å². The fraction of sp³-hybridized carbons (Fsp3) is 0.438. The predicted molar refractivity (Wildman–Crippen MR) is 81.5 cm³/mol. The second kappa shape index (κ2) is 8.25. The van der Waals surface area contributed by atoms with Crippen LogP contribution in [0, 0.1) is 0 Å². The van der Waals surface area contributed by atoms with E-state index in [4.69, 9.17) is 9.84 Å². The van der Waals surface area contributed by atoms with Crippen LogP contribution in [0.1, 0.15) is 27.2 Å². The number of ether oxygens (including phenoxy) is 1. The first kappa shape index (κ1) is 16.1. The molecule has 1 rings (SSSR count). The highest BCUT2D eigenvalue weighted by atomic mass is 16.5. The second-order valence-corrected chi connectivity index (χ2v) is 4.37. The molecule has 4 nitrogen and oxygen atoms in total. The number of carboxylic acid groups (broad SMARTS) is 1. The van der Waals surface area contributed by atoms with Gasteiger partial charge in [0.2, 0.25) is 0 Å². The summed E-state index contributed by atoms with van der Waals surface area (Å²) in [7, 11) is 0. The van der Waals surface area contributed by atoms with Gasteiger partial charge in [-0.05, 0) is 38.5 Å². The molecule has 110 valence electrons. The fourth-order valence-electron chi connectivity index (χ4n) is 1.98. The molecule has 20 heavy (non-hydrogen) atoms. The molecular formula is C16H23NO3. The van der Waals surface area contributed by atoms with Crippen LogP contribution in [0.2, 0.25) is 0 Å². The first-order valence-electron chi connectivity index (χ1n) is 7.02. The van der Waals surface area contributed by atoms with Crippen LogP contribution < -0.4 is 9.64 Å². The molecule has 0 unspecified atom stereocenters. The fourth-order valence-corrected chi connectivity index (χ4v) is 1.98. The summed E-state index contributed by atoms with van der Waals surface area (Å²) in [6, 6.07) is 7.86. The Labute approximate surface area is 120 Å². The average molecular weight is 277 g/mol. The number of benzene rings is 1. The molecule has 0 aromatic heterocycles. The first-order chi connectivity index (χ1) is 9.62. The summed E-state index contributed by atoms with van der Waals surface area (Å²) >= 11 is 0. The molecular weight excluding hydrogens is 254 g/mol. The van der Waals surface area contributed by atoms with E-state index in [1.54, 1.807) is 6.08 Å². The maximum atomic E-state index is 10.9. The lowest BCUT2D eigenvalue weighted by Gasteiger charge is -2.21. The Balaban J connectivity index is 2.69. The van der Waals surface area contributed by atoms with Gasteiger partial charge < -0.3 is 14.7 Å². The van der Waals surface area contributed by atoms with Crippen LogP contribution >= 0.6 is 0 Å². The SMILES string of the molecule is CCC(=CCOc1cccc(N(CC)CC)c1)C(=O)O. The minimum Gasteiger partial charge on any atom is -0.489 e. The highest BCUT2D eigenvalue weighted by Gasteiger charge is 2.05. The van der Waals surface area contributed by atoms with E-state index in [0.29, 0.717) is 12.0 Å². The summed E-state index contributed by atoms with van der Waals surface area (Å²) in [5, 5.41) is 8.92. The molecule has 0 aliphatic rings. The van der Waals surface area contributed by atoms with Gasteiger partial charge in [0.15, 0.2) is 0 Å². The normalized spacial score (nSPS) is 11.2. The van der Waals surface area contributed by atoms with Gasteiger partial charge in [-0.3, -0.25) is 0 Å². The molecule has 0 spiro atoms. The molecule has 0 heterocycles. The molecule has 0 aliphatic carbocycles. The van der Waals surface area contributed by atoms with E-state index in [1.165, 1.54) is 0 Å². The van der Waals surface area contributed by atoms with Crippen molar-refractivity contribution in [3.63, 3.8) is 0 Å². The maximum Gasteiger partial charge on any atom is 0.331 e. The third kappa shape index (κ3) is 4.61. The average Bonchev–Trinajstić information content (AvgIpc) is 2.45. The van der Waals surface area contributed by atoms with E-state index in [2.05, 4.69) is 18.7 Å². The number of hydrogen-bond acceptors (Lipinski definition) is 3. The summed E-state index contributed by atoms with van der Waals surface area (Å²) in [5.74, 6) is -0.125. The van der Waals surface area contributed by atoms with E-state index in [9.17, 15) is 4.79 Å². The molecule has 0 fully saturated rings. The maximum absolute atomic E-state index is 10.9. The van der Waals surface area contributed by atoms with Crippen LogP contribution in [0.5, 0.6) is 5.75 Å². The molecule has 0 amide bonds. The Morgan fingerprint density at radius 3 is 2.55 bits per heavy atom. The smallest absolute Gasteiger partial charge is 0.331 e. The van der Waals surface area contributed by atoms with Gasteiger partial charge in [-0.25, -0.2) is 4.79 Å². The minimum absolute atomic E-state index is 0.275. The minimum atomic E-state index is -0.881. The third-order valence-electron chi connectivity index (χ3n) is 3.18. The Morgan fingerprint density at radius 1 is 1.30 bits per heavy atom. The van der Waals surface area contributed by atoms with E-state index in [-0.39, 0.29) is 6.61 Å². The highest BCUT2D eigenvalue weighted by Crippen LogP contribution is 2.21. The van der Waals surface area contributed by atoms with E-state index < -0.39 is 5.97 Å². The summed E-state index contributed by atoms with van der Waals surface area (Å²) < 4.78 is 5.60. The van der Waals surface area contributed by atoms with E-state index >= 15 is 0 Å². The van der Waals surface area contributed by atoms with Crippen LogP contribution in [0.3, 0.4) is 0 Å². The van der Waals surface area contributed by atoms with Gasteiger partial charge in [0.05, 0.1) is 0 Å². The molecule has 0 radical (unpaired) electrons. The summed E-state index contributed by atoms with van der Waals surface area (Å²) in [4.78, 5) is 13.1. The molecule has 1 aromatic carbocycles. The van der Waals surface area contributed by atoms with Gasteiger partial charge in [-0.1, -0.05) is 13.0 Å². The van der Waals surface area contributed by atoms with Crippen LogP contribution in [0.15, 0.2) is 35.9 Å². The largest absolute Gasteiger partial charge is 0.489 e. The van der Waals surface area contributed by atoms with Crippen molar-refractivity contribution < 1.29 is 14.6 Å². The Hall–Kier alpha value is -1.97. The first-order valence-corrected chi connectivity index (χ1v) is 7.02. The molecule has 1 N–H and O–H groups in total. The van der Waals surface area contributed by atoms with Crippen molar-refractivity contribution in [3.8, 4) is 5.75 Å². The highest BCUT2D eigenvalue weighted by molar-refractivity contribution is 5.86. The van der Waals surface area contributed by atoms with Crippen molar-refractivity contribution in [3.05, 3.63) is 35.9 Å². The number of hydrogen-bond donors (Lipinski definition) is 1. The van der Waals surface area contributed by atoms with Crippen molar-refractivity contribution in [2.75, 3.05) is 24.6 Å². The molecule has 0 bridgehead atoms. The standard InChI is InChI=1S/C16H23NO3/c1-4-13(16(18)19)10-11-20-15-9-7-8-14(12-15)17(5-2)6-3/h7-10,12H,4-6,11H2,1-3H3,(H,18,19). The second-order valence-electron chi connectivity index (χ2n) is 4.37. The van der Waals surface area contributed by atoms with E-state index in [1.807, 2.05) is 31.2 Å². The number of nitrogens with zero attached hydrogens (tertiary/aromatic N) is 1. The Morgan fingerprint density at radius 2 is 2.00 bits per heavy atom. The number of carboxylic acids is 1. The van der Waals surface area contributed by atoms with Gasteiger partial charge in [-0.2, -0.15) is 0 Å². The van der Waals surface area contributed by atoms with Crippen molar-refractivity contribution in [1.29, 1.82) is 0 Å². The lowest BCUT2D eigenvalue weighted by atomic mass is 10.2. The quantitative estimate of drug-likeness (QED) is 0.740. The van der Waals surface area contributed by atoms with Crippen LogP contribution in [-0.4, -0.2) is 30.8 Å². The monoisotopic (exact) mass is 277 g/mol. The van der Waals surface area contributed by atoms with Crippen molar-refractivity contribution in [2.45, 2.75) is 27.2 Å².